The van der Waals surface area contributed by atoms with Crippen molar-refractivity contribution in [2.75, 3.05) is 0 Å². The van der Waals surface area contributed by atoms with Crippen LogP contribution >= 0.6 is 7.14 Å². The fraction of sp³-hybridized carbons (Fsp3) is 0. The van der Waals surface area contributed by atoms with Crippen LogP contribution in [0.25, 0.3) is 77.2 Å². The van der Waals surface area contributed by atoms with Gasteiger partial charge in [0.05, 0.1) is 22.1 Å². The average Bonchev–Trinajstić information content (AvgIpc) is 3.83. The van der Waals surface area contributed by atoms with Crippen LogP contribution in [0, 0.1) is 0 Å². The normalized spacial score (nSPS) is 15.1. The largest absolute Gasteiger partial charge is 0.309 e. The molecular formula is C48H31N2OP. The lowest BCUT2D eigenvalue weighted by atomic mass is 9.99. The van der Waals surface area contributed by atoms with E-state index >= 15 is 4.57 Å². The van der Waals surface area contributed by atoms with Crippen LogP contribution in [-0.2, 0) is 4.57 Å². The fourth-order valence-electron chi connectivity index (χ4n) is 8.77. The molecule has 3 nitrogen and oxygen atoms in total. The topological polar surface area (TPSA) is 26.9 Å². The van der Waals surface area contributed by atoms with Crippen molar-refractivity contribution < 1.29 is 4.57 Å². The van der Waals surface area contributed by atoms with E-state index in [0.717, 1.165) is 65.8 Å². The maximum Gasteiger partial charge on any atom is 0.172 e. The summed E-state index contributed by atoms with van der Waals surface area (Å²) in [5.74, 6) is 0. The molecule has 11 rings (SSSR count). The van der Waals surface area contributed by atoms with Crippen molar-refractivity contribution in [3.05, 3.63) is 188 Å². The molecule has 0 saturated heterocycles. The minimum absolute atomic E-state index is 0.873. The quantitative estimate of drug-likeness (QED) is 0.170. The first kappa shape index (κ1) is 29.3. The van der Waals surface area contributed by atoms with Gasteiger partial charge in [-0.15, -0.1) is 0 Å². The summed E-state index contributed by atoms with van der Waals surface area (Å²) in [4.78, 5) is 0. The molecule has 8 aromatic carbocycles. The Morgan fingerprint density at radius 2 is 0.904 bits per heavy atom. The van der Waals surface area contributed by atoms with Gasteiger partial charge in [0.1, 0.15) is 0 Å². The van der Waals surface area contributed by atoms with Crippen LogP contribution in [-0.4, -0.2) is 9.13 Å². The predicted molar refractivity (Wildman–Crippen MR) is 219 cm³/mol. The molecule has 0 spiro atoms. The van der Waals surface area contributed by atoms with Gasteiger partial charge in [0.2, 0.25) is 0 Å². The van der Waals surface area contributed by atoms with Crippen LogP contribution < -0.4 is 15.9 Å². The summed E-state index contributed by atoms with van der Waals surface area (Å²) in [6.07, 6.45) is 0. The standard InChI is InChI=1S/C48H31N2OP/c51-52(35-16-5-2-6-17-35)45-25-12-9-18-37(45)38-30-31-44-47(48(38)52)40-20-8-11-23-42(40)50(44)34-28-26-32(27-29-34)36-21-13-24-43-46(36)39-19-7-10-22-41(39)49(43)33-14-3-1-4-15-33/h1-31H. The van der Waals surface area contributed by atoms with E-state index < -0.39 is 7.14 Å². The van der Waals surface area contributed by atoms with Crippen LogP contribution in [0.3, 0.4) is 0 Å². The highest BCUT2D eigenvalue weighted by Crippen LogP contribution is 2.55. The molecule has 0 radical (unpaired) electrons. The first-order chi connectivity index (χ1) is 25.7. The number of hydrogen-bond donors (Lipinski definition) is 0. The van der Waals surface area contributed by atoms with Gasteiger partial charge in [0, 0.05) is 48.8 Å². The van der Waals surface area contributed by atoms with Crippen molar-refractivity contribution in [2.45, 2.75) is 0 Å². The van der Waals surface area contributed by atoms with Crippen LogP contribution in [0.4, 0.5) is 0 Å². The van der Waals surface area contributed by atoms with Crippen LogP contribution in [0.15, 0.2) is 188 Å². The van der Waals surface area contributed by atoms with Gasteiger partial charge in [-0.05, 0) is 70.8 Å². The second-order valence-electron chi connectivity index (χ2n) is 13.6. The number of rotatable bonds is 4. The molecule has 4 heteroatoms. The summed E-state index contributed by atoms with van der Waals surface area (Å²) in [5.41, 5.74) is 11.3. The molecule has 1 unspecified atom stereocenters. The molecule has 0 amide bonds. The zero-order valence-corrected chi connectivity index (χ0v) is 29.0. The summed E-state index contributed by atoms with van der Waals surface area (Å²) in [5, 5.41) is 7.41. The molecule has 3 heterocycles. The second-order valence-corrected chi connectivity index (χ2v) is 16.3. The molecule has 0 N–H and O–H groups in total. The fourth-order valence-corrected chi connectivity index (χ4v) is 12.1. The minimum atomic E-state index is -3.16. The summed E-state index contributed by atoms with van der Waals surface area (Å²) in [6, 6.07) is 66.2. The summed E-state index contributed by atoms with van der Waals surface area (Å²) in [7, 11) is -3.16. The molecule has 0 fully saturated rings. The first-order valence-corrected chi connectivity index (χ1v) is 19.4. The number of aromatic nitrogens is 2. The third kappa shape index (κ3) is 3.94. The molecule has 1 aliphatic rings. The van der Waals surface area contributed by atoms with Gasteiger partial charge in [-0.3, -0.25) is 0 Å². The van der Waals surface area contributed by atoms with E-state index in [0.29, 0.717) is 0 Å². The molecule has 52 heavy (non-hydrogen) atoms. The highest BCUT2D eigenvalue weighted by Gasteiger charge is 2.42. The number of para-hydroxylation sites is 3. The SMILES string of the molecule is O=P1(c2ccccc2)c2ccccc2-c2ccc3c(c21)c1ccccc1n3-c1ccc(-c2cccc3c2c2ccccc2n3-c2ccccc2)cc1. The molecule has 244 valence electrons. The third-order valence-electron chi connectivity index (χ3n) is 10.9. The maximum atomic E-state index is 15.7. The van der Waals surface area contributed by atoms with Crippen LogP contribution in [0.1, 0.15) is 0 Å². The number of nitrogens with zero attached hydrogens (tertiary/aromatic N) is 2. The molecule has 1 aliphatic heterocycles. The third-order valence-corrected chi connectivity index (χ3v) is 14.1. The van der Waals surface area contributed by atoms with Gasteiger partial charge < -0.3 is 13.7 Å². The summed E-state index contributed by atoms with van der Waals surface area (Å²) in [6.45, 7) is 0. The van der Waals surface area contributed by atoms with Gasteiger partial charge in [-0.2, -0.15) is 0 Å². The zero-order chi connectivity index (χ0) is 34.4. The van der Waals surface area contributed by atoms with Gasteiger partial charge >= 0.3 is 0 Å². The lowest BCUT2D eigenvalue weighted by Gasteiger charge is -2.17. The van der Waals surface area contributed by atoms with Crippen molar-refractivity contribution in [1.82, 2.24) is 9.13 Å². The average molecular weight is 683 g/mol. The van der Waals surface area contributed by atoms with Gasteiger partial charge in [-0.25, -0.2) is 0 Å². The molecular weight excluding hydrogens is 652 g/mol. The zero-order valence-electron chi connectivity index (χ0n) is 28.1. The van der Waals surface area contributed by atoms with Gasteiger partial charge in [0.25, 0.3) is 0 Å². The molecule has 0 aliphatic carbocycles. The van der Waals surface area contributed by atoms with Crippen molar-refractivity contribution >= 4 is 66.7 Å². The molecule has 2 aromatic heterocycles. The number of fused-ring (bicyclic) bond motifs is 10. The van der Waals surface area contributed by atoms with Crippen molar-refractivity contribution in [2.24, 2.45) is 0 Å². The molecule has 1 atom stereocenters. The van der Waals surface area contributed by atoms with Crippen molar-refractivity contribution in [3.63, 3.8) is 0 Å². The van der Waals surface area contributed by atoms with Gasteiger partial charge in [-0.1, -0.05) is 140 Å². The first-order valence-electron chi connectivity index (χ1n) is 17.7. The highest BCUT2D eigenvalue weighted by molar-refractivity contribution is 7.86. The summed E-state index contributed by atoms with van der Waals surface area (Å²) >= 11 is 0. The smallest absolute Gasteiger partial charge is 0.172 e. The van der Waals surface area contributed by atoms with E-state index in [9.17, 15) is 0 Å². The Morgan fingerprint density at radius 3 is 1.63 bits per heavy atom. The highest BCUT2D eigenvalue weighted by atomic mass is 31.2. The van der Waals surface area contributed by atoms with E-state index in [1.165, 1.54) is 27.4 Å². The predicted octanol–water partition coefficient (Wildman–Crippen LogP) is 11.2. The Labute approximate surface area is 301 Å². The Balaban J connectivity index is 1.13. The Morgan fingerprint density at radius 1 is 0.365 bits per heavy atom. The van der Waals surface area contributed by atoms with Crippen molar-refractivity contribution in [1.29, 1.82) is 0 Å². The second kappa shape index (κ2) is 11.0. The number of benzene rings is 8. The van der Waals surface area contributed by atoms with Crippen molar-refractivity contribution in [3.8, 4) is 33.6 Å². The minimum Gasteiger partial charge on any atom is -0.309 e. The Bertz CT molecular complexity index is 3080. The van der Waals surface area contributed by atoms with E-state index in [1.54, 1.807) is 0 Å². The molecule has 0 bridgehead atoms. The Kier molecular flexibility index (Phi) is 6.23. The van der Waals surface area contributed by atoms with E-state index in [2.05, 4.69) is 161 Å². The number of hydrogen-bond acceptors (Lipinski definition) is 1. The maximum absolute atomic E-state index is 15.7. The summed E-state index contributed by atoms with van der Waals surface area (Å²) < 4.78 is 20.5. The van der Waals surface area contributed by atoms with E-state index in [4.69, 9.17) is 0 Å². The Hall–Kier alpha value is -6.41. The molecule has 10 aromatic rings. The van der Waals surface area contributed by atoms with Crippen LogP contribution in [0.5, 0.6) is 0 Å². The van der Waals surface area contributed by atoms with E-state index in [-0.39, 0.29) is 0 Å². The monoisotopic (exact) mass is 682 g/mol. The van der Waals surface area contributed by atoms with Crippen LogP contribution in [0.2, 0.25) is 0 Å². The molecule has 0 saturated carbocycles. The van der Waals surface area contributed by atoms with E-state index in [1.807, 2.05) is 36.4 Å². The lowest BCUT2D eigenvalue weighted by molar-refractivity contribution is 0.593. The van der Waals surface area contributed by atoms with Gasteiger partial charge in [0.15, 0.2) is 7.14 Å². The lowest BCUT2D eigenvalue weighted by Crippen LogP contribution is -2.21.